The van der Waals surface area contributed by atoms with Crippen molar-refractivity contribution >= 4 is 34.4 Å². The van der Waals surface area contributed by atoms with E-state index in [1.807, 2.05) is 12.1 Å². The highest BCUT2D eigenvalue weighted by atomic mass is 32.1. The minimum Gasteiger partial charge on any atom is -0.453 e. The zero-order chi connectivity index (χ0) is 17.1. The first-order valence-corrected chi connectivity index (χ1v) is 9.41. The molecule has 0 N–H and O–H groups in total. The molecule has 1 aliphatic carbocycles. The highest BCUT2D eigenvalue weighted by molar-refractivity contribution is 7.14. The highest BCUT2D eigenvalue weighted by Gasteiger charge is 2.25. The molecule has 0 radical (unpaired) electrons. The zero-order valence-electron chi connectivity index (χ0n) is 13.2. The van der Waals surface area contributed by atoms with Gasteiger partial charge in [-0.15, -0.1) is 22.7 Å². The molecule has 1 atom stereocenters. The van der Waals surface area contributed by atoms with Crippen LogP contribution in [0.1, 0.15) is 49.6 Å². The second-order valence-corrected chi connectivity index (χ2v) is 7.72. The molecule has 2 aromatic heterocycles. The van der Waals surface area contributed by atoms with Gasteiger partial charge < -0.3 is 4.74 Å². The molecular formula is C17H16N2O3S2. The maximum atomic E-state index is 12.2. The summed E-state index contributed by atoms with van der Waals surface area (Å²) in [5.74, 6) is -1.91. The van der Waals surface area contributed by atoms with Crippen molar-refractivity contribution in [1.82, 2.24) is 4.98 Å². The molecule has 5 nitrogen and oxygen atoms in total. The Hall–Kier alpha value is -2.04. The lowest BCUT2D eigenvalue weighted by Crippen LogP contribution is -2.19. The number of aromatic nitrogens is 1. The van der Waals surface area contributed by atoms with Crippen molar-refractivity contribution < 1.29 is 14.3 Å². The largest absolute Gasteiger partial charge is 0.453 e. The molecule has 1 aliphatic rings. The fraction of sp³-hybridized carbons (Fsp3) is 0.412. The summed E-state index contributed by atoms with van der Waals surface area (Å²) in [6.07, 6.45) is 4.30. The number of rotatable bonds is 5. The molecule has 0 saturated heterocycles. The second-order valence-electron chi connectivity index (χ2n) is 5.70. The number of ketones is 1. The van der Waals surface area contributed by atoms with Gasteiger partial charge in [0.15, 0.2) is 18.3 Å². The van der Waals surface area contributed by atoms with Crippen molar-refractivity contribution in [3.63, 3.8) is 0 Å². The van der Waals surface area contributed by atoms with Gasteiger partial charge in [0.1, 0.15) is 9.88 Å². The number of nitriles is 1. The van der Waals surface area contributed by atoms with Gasteiger partial charge in [0, 0.05) is 16.0 Å². The van der Waals surface area contributed by atoms with E-state index in [1.165, 1.54) is 33.1 Å². The molecular weight excluding hydrogens is 344 g/mol. The summed E-state index contributed by atoms with van der Waals surface area (Å²) in [7, 11) is 0. The first-order valence-electron chi connectivity index (χ1n) is 7.71. The van der Waals surface area contributed by atoms with Crippen LogP contribution in [-0.4, -0.2) is 23.3 Å². The molecule has 7 heteroatoms. The van der Waals surface area contributed by atoms with E-state index in [-0.39, 0.29) is 0 Å². The first-order chi connectivity index (χ1) is 11.6. The van der Waals surface area contributed by atoms with Gasteiger partial charge in [-0.3, -0.25) is 4.79 Å². The molecule has 0 fully saturated rings. The number of carbonyl (C=O) groups excluding carboxylic acids is 2. The molecule has 0 spiro atoms. The molecule has 24 heavy (non-hydrogen) atoms. The van der Waals surface area contributed by atoms with Gasteiger partial charge >= 0.3 is 5.97 Å². The Balaban J connectivity index is 1.62. The summed E-state index contributed by atoms with van der Waals surface area (Å²) in [5.41, 5.74) is 1.99. The molecule has 124 valence electrons. The predicted molar refractivity (Wildman–Crippen MR) is 91.5 cm³/mol. The number of thiazole rings is 1. The smallest absolute Gasteiger partial charge is 0.348 e. The minimum absolute atomic E-state index is 0.405. The topological polar surface area (TPSA) is 80.0 Å². The Morgan fingerprint density at radius 3 is 2.88 bits per heavy atom. The lowest BCUT2D eigenvalue weighted by molar-refractivity contribution is -0.122. The number of esters is 1. The van der Waals surface area contributed by atoms with Crippen LogP contribution in [0.5, 0.6) is 0 Å². The van der Waals surface area contributed by atoms with Crippen LogP contribution in [-0.2, 0) is 22.4 Å². The fourth-order valence-corrected chi connectivity index (χ4v) is 4.66. The van der Waals surface area contributed by atoms with Crippen molar-refractivity contribution in [2.45, 2.75) is 38.5 Å². The number of hydrogen-bond donors (Lipinski definition) is 0. The van der Waals surface area contributed by atoms with E-state index >= 15 is 0 Å². The average molecular weight is 360 g/mol. The van der Waals surface area contributed by atoms with Crippen molar-refractivity contribution in [3.05, 3.63) is 37.5 Å². The van der Waals surface area contributed by atoms with E-state index in [1.54, 1.807) is 12.3 Å². The average Bonchev–Trinajstić information content (AvgIpc) is 3.19. The van der Waals surface area contributed by atoms with E-state index in [4.69, 9.17) is 4.74 Å². The van der Waals surface area contributed by atoms with Gasteiger partial charge in [0.2, 0.25) is 0 Å². The Bertz CT molecular complexity index is 793. The highest BCUT2D eigenvalue weighted by Crippen LogP contribution is 2.30. The van der Waals surface area contributed by atoms with Crippen LogP contribution in [0.3, 0.4) is 0 Å². The zero-order valence-corrected chi connectivity index (χ0v) is 14.8. The van der Waals surface area contributed by atoms with Crippen LogP contribution in [0.2, 0.25) is 0 Å². The summed E-state index contributed by atoms with van der Waals surface area (Å²) in [6.45, 7) is 1.40. The van der Waals surface area contributed by atoms with Crippen molar-refractivity contribution in [3.8, 4) is 6.07 Å². The molecule has 2 aromatic rings. The van der Waals surface area contributed by atoms with Crippen LogP contribution in [0.15, 0.2) is 11.4 Å². The number of Topliss-reactive ketones (excluding diaryl/α,β-unsaturated/α-hetero) is 1. The van der Waals surface area contributed by atoms with Crippen molar-refractivity contribution in [2.24, 2.45) is 0 Å². The number of aryl methyl sites for hydroxylation is 3. The molecule has 0 bridgehead atoms. The normalized spacial score (nSPS) is 14.5. The summed E-state index contributed by atoms with van der Waals surface area (Å²) in [4.78, 5) is 30.3. The summed E-state index contributed by atoms with van der Waals surface area (Å²) in [5, 5.41) is 11.4. The molecule has 2 heterocycles. The Labute approximate surface area is 147 Å². The van der Waals surface area contributed by atoms with Gasteiger partial charge in [0.05, 0.1) is 6.07 Å². The Morgan fingerprint density at radius 1 is 1.42 bits per heavy atom. The van der Waals surface area contributed by atoms with Gasteiger partial charge in [-0.2, -0.15) is 5.26 Å². The van der Waals surface area contributed by atoms with E-state index in [0.717, 1.165) is 31.4 Å². The number of nitrogens with zero attached hydrogens (tertiary/aromatic N) is 2. The van der Waals surface area contributed by atoms with E-state index in [2.05, 4.69) is 4.98 Å². The summed E-state index contributed by atoms with van der Waals surface area (Å²) in [6, 6.07) is 3.82. The number of carbonyl (C=O) groups is 2. The van der Waals surface area contributed by atoms with E-state index < -0.39 is 24.3 Å². The van der Waals surface area contributed by atoms with Crippen LogP contribution < -0.4 is 0 Å². The SMILES string of the molecule is Cc1csc([C@H](C#N)C(=O)COC(=O)c2cc3c(s2)CCCC3)n1. The number of fused-ring (bicyclic) bond motifs is 1. The van der Waals surface area contributed by atoms with Crippen molar-refractivity contribution in [1.29, 1.82) is 5.26 Å². The van der Waals surface area contributed by atoms with E-state index in [9.17, 15) is 14.9 Å². The van der Waals surface area contributed by atoms with Gasteiger partial charge in [-0.1, -0.05) is 0 Å². The van der Waals surface area contributed by atoms with Crippen LogP contribution in [0.25, 0.3) is 0 Å². The maximum absolute atomic E-state index is 12.2. The van der Waals surface area contributed by atoms with Gasteiger partial charge in [-0.05, 0) is 44.2 Å². The maximum Gasteiger partial charge on any atom is 0.348 e. The molecule has 0 amide bonds. The molecule has 0 saturated carbocycles. The van der Waals surface area contributed by atoms with Crippen molar-refractivity contribution in [2.75, 3.05) is 6.61 Å². The predicted octanol–water partition coefficient (Wildman–Crippen LogP) is 3.43. The fourth-order valence-electron chi connectivity index (χ4n) is 2.65. The first kappa shape index (κ1) is 16.8. The molecule has 0 aliphatic heterocycles. The lowest BCUT2D eigenvalue weighted by Gasteiger charge is -2.08. The Kier molecular flexibility index (Phi) is 5.07. The standard InChI is InChI=1S/C17H16N2O3S2/c1-10-9-23-16(19-10)12(7-18)13(20)8-22-17(21)15-6-11-4-2-3-5-14(11)24-15/h6,9,12H,2-5,8H2,1H3/t12-/m1/s1. The Morgan fingerprint density at radius 2 is 2.21 bits per heavy atom. The lowest BCUT2D eigenvalue weighted by atomic mass is 9.99. The van der Waals surface area contributed by atoms with Crippen LogP contribution in [0, 0.1) is 18.3 Å². The molecule has 3 rings (SSSR count). The number of ether oxygens (including phenoxy) is 1. The third-order valence-corrected chi connectivity index (χ3v) is 6.12. The van der Waals surface area contributed by atoms with Crippen LogP contribution >= 0.6 is 22.7 Å². The molecule has 0 unspecified atom stereocenters. The van der Waals surface area contributed by atoms with Gasteiger partial charge in [-0.25, -0.2) is 9.78 Å². The van der Waals surface area contributed by atoms with Gasteiger partial charge in [0.25, 0.3) is 0 Å². The third kappa shape index (κ3) is 3.55. The summed E-state index contributed by atoms with van der Waals surface area (Å²) >= 11 is 2.71. The number of hydrogen-bond acceptors (Lipinski definition) is 7. The second kappa shape index (κ2) is 7.24. The minimum atomic E-state index is -0.979. The van der Waals surface area contributed by atoms with Crippen LogP contribution in [0.4, 0.5) is 0 Å². The quantitative estimate of drug-likeness (QED) is 0.763. The monoisotopic (exact) mass is 360 g/mol. The van der Waals surface area contributed by atoms with E-state index in [0.29, 0.717) is 9.88 Å². The molecule has 0 aromatic carbocycles. The third-order valence-electron chi connectivity index (χ3n) is 3.88. The summed E-state index contributed by atoms with van der Waals surface area (Å²) < 4.78 is 5.13. The number of thiophene rings is 1.